The Balaban J connectivity index is 1.91. The third-order valence-electron chi connectivity index (χ3n) is 2.93. The monoisotopic (exact) mass is 320 g/mol. The second-order valence-electron chi connectivity index (χ2n) is 4.56. The standard InChI is InChI=1S/C15H16N2O4S/c1-9-14(10(2)21-17-9)15(19)20-8-13(18)16-11-5-4-6-12(7-11)22-3/h4-7H,8H2,1-3H3,(H,16,18). The fourth-order valence-corrected chi connectivity index (χ4v) is 2.34. The van der Waals surface area contributed by atoms with Gasteiger partial charge in [0, 0.05) is 10.6 Å². The Morgan fingerprint density at radius 1 is 1.36 bits per heavy atom. The normalized spacial score (nSPS) is 10.3. The van der Waals surface area contributed by atoms with E-state index in [1.165, 1.54) is 0 Å². The zero-order chi connectivity index (χ0) is 16.1. The Morgan fingerprint density at radius 2 is 2.14 bits per heavy atom. The Hall–Kier alpha value is -2.28. The van der Waals surface area contributed by atoms with E-state index in [0.717, 1.165) is 4.90 Å². The summed E-state index contributed by atoms with van der Waals surface area (Å²) in [7, 11) is 0. The lowest BCUT2D eigenvalue weighted by Gasteiger charge is -2.07. The predicted octanol–water partition coefficient (Wildman–Crippen LogP) is 2.81. The van der Waals surface area contributed by atoms with Gasteiger partial charge in [0.05, 0.1) is 5.69 Å². The van der Waals surface area contributed by atoms with Crippen LogP contribution in [0.2, 0.25) is 0 Å². The number of hydrogen-bond acceptors (Lipinski definition) is 6. The first-order valence-electron chi connectivity index (χ1n) is 6.55. The van der Waals surface area contributed by atoms with E-state index in [2.05, 4.69) is 10.5 Å². The van der Waals surface area contributed by atoms with Crippen molar-refractivity contribution in [1.82, 2.24) is 5.16 Å². The average Bonchev–Trinajstić information content (AvgIpc) is 2.84. The highest BCUT2D eigenvalue weighted by Gasteiger charge is 2.19. The van der Waals surface area contributed by atoms with E-state index in [1.807, 2.05) is 24.5 Å². The first-order chi connectivity index (χ1) is 10.5. The van der Waals surface area contributed by atoms with Gasteiger partial charge in [-0.2, -0.15) is 0 Å². The zero-order valence-corrected chi connectivity index (χ0v) is 13.3. The van der Waals surface area contributed by atoms with Crippen LogP contribution in [-0.2, 0) is 9.53 Å². The molecule has 22 heavy (non-hydrogen) atoms. The summed E-state index contributed by atoms with van der Waals surface area (Å²) in [5.41, 5.74) is 1.36. The number of esters is 1. The molecule has 1 N–H and O–H groups in total. The molecule has 0 atom stereocenters. The summed E-state index contributed by atoms with van der Waals surface area (Å²) in [5, 5.41) is 6.35. The molecule has 0 aliphatic rings. The van der Waals surface area contributed by atoms with Crippen molar-refractivity contribution in [2.24, 2.45) is 0 Å². The molecule has 2 aromatic rings. The van der Waals surface area contributed by atoms with Crippen LogP contribution in [0.1, 0.15) is 21.8 Å². The molecule has 1 heterocycles. The Bertz CT molecular complexity index is 677. The van der Waals surface area contributed by atoms with Crippen molar-refractivity contribution in [1.29, 1.82) is 0 Å². The lowest BCUT2D eigenvalue weighted by Crippen LogP contribution is -2.21. The number of aryl methyl sites for hydroxylation is 2. The molecule has 0 aliphatic carbocycles. The van der Waals surface area contributed by atoms with Crippen LogP contribution in [0.5, 0.6) is 0 Å². The van der Waals surface area contributed by atoms with Crippen molar-refractivity contribution in [3.8, 4) is 0 Å². The van der Waals surface area contributed by atoms with Crippen molar-refractivity contribution in [2.45, 2.75) is 18.7 Å². The van der Waals surface area contributed by atoms with Crippen LogP contribution < -0.4 is 5.32 Å². The summed E-state index contributed by atoms with van der Waals surface area (Å²) in [4.78, 5) is 24.8. The predicted molar refractivity (Wildman–Crippen MR) is 83.1 cm³/mol. The topological polar surface area (TPSA) is 81.4 Å². The van der Waals surface area contributed by atoms with Gasteiger partial charge in [-0.3, -0.25) is 4.79 Å². The summed E-state index contributed by atoms with van der Waals surface area (Å²) in [5.74, 6) is -0.654. The minimum absolute atomic E-state index is 0.261. The van der Waals surface area contributed by atoms with Gasteiger partial charge in [0.1, 0.15) is 11.3 Å². The molecule has 6 nitrogen and oxygen atoms in total. The molecule has 0 fully saturated rings. The van der Waals surface area contributed by atoms with Gasteiger partial charge < -0.3 is 14.6 Å². The second kappa shape index (κ2) is 7.13. The minimum atomic E-state index is -0.621. The smallest absolute Gasteiger partial charge is 0.344 e. The minimum Gasteiger partial charge on any atom is -0.452 e. The van der Waals surface area contributed by atoms with E-state index < -0.39 is 11.9 Å². The molecule has 1 amide bonds. The number of nitrogens with zero attached hydrogens (tertiary/aromatic N) is 1. The fraction of sp³-hybridized carbons (Fsp3) is 0.267. The number of rotatable bonds is 5. The van der Waals surface area contributed by atoms with Gasteiger partial charge in [-0.1, -0.05) is 11.2 Å². The summed E-state index contributed by atoms with van der Waals surface area (Å²) >= 11 is 1.58. The Labute approximate surface area is 132 Å². The van der Waals surface area contributed by atoms with E-state index in [9.17, 15) is 9.59 Å². The van der Waals surface area contributed by atoms with E-state index in [0.29, 0.717) is 17.1 Å². The summed E-state index contributed by atoms with van der Waals surface area (Å²) in [6.45, 7) is 2.89. The summed E-state index contributed by atoms with van der Waals surface area (Å²) < 4.78 is 9.87. The fourth-order valence-electron chi connectivity index (χ4n) is 1.88. The Kier molecular flexibility index (Phi) is 5.21. The number of hydrogen-bond donors (Lipinski definition) is 1. The average molecular weight is 320 g/mol. The maximum absolute atomic E-state index is 11.9. The van der Waals surface area contributed by atoms with E-state index in [1.54, 1.807) is 31.7 Å². The molecule has 0 saturated heterocycles. The van der Waals surface area contributed by atoms with Crippen LogP contribution in [0.25, 0.3) is 0 Å². The number of amides is 1. The van der Waals surface area contributed by atoms with Gasteiger partial charge in [-0.15, -0.1) is 11.8 Å². The highest BCUT2D eigenvalue weighted by Crippen LogP contribution is 2.19. The van der Waals surface area contributed by atoms with Gasteiger partial charge in [0.25, 0.3) is 5.91 Å². The second-order valence-corrected chi connectivity index (χ2v) is 5.44. The third kappa shape index (κ3) is 3.88. The molecule has 116 valence electrons. The van der Waals surface area contributed by atoms with E-state index in [4.69, 9.17) is 9.26 Å². The SMILES string of the molecule is CSc1cccc(NC(=O)COC(=O)c2c(C)noc2C)c1. The quantitative estimate of drug-likeness (QED) is 0.674. The Morgan fingerprint density at radius 3 is 2.77 bits per heavy atom. The van der Waals surface area contributed by atoms with Crippen molar-refractivity contribution in [2.75, 3.05) is 18.2 Å². The molecular formula is C15H16N2O4S. The number of benzene rings is 1. The first kappa shape index (κ1) is 16.1. The molecule has 0 radical (unpaired) electrons. The molecule has 0 bridgehead atoms. The van der Waals surface area contributed by atoms with Crippen molar-refractivity contribution in [3.63, 3.8) is 0 Å². The van der Waals surface area contributed by atoms with Gasteiger partial charge in [-0.05, 0) is 38.3 Å². The molecule has 0 unspecified atom stereocenters. The number of anilines is 1. The zero-order valence-electron chi connectivity index (χ0n) is 12.5. The van der Waals surface area contributed by atoms with Crippen LogP contribution in [0, 0.1) is 13.8 Å². The number of carbonyl (C=O) groups excluding carboxylic acids is 2. The maximum atomic E-state index is 11.9. The number of thioether (sulfide) groups is 1. The molecular weight excluding hydrogens is 304 g/mol. The van der Waals surface area contributed by atoms with Crippen LogP contribution in [0.3, 0.4) is 0 Å². The van der Waals surface area contributed by atoms with Crippen LogP contribution in [-0.4, -0.2) is 29.9 Å². The van der Waals surface area contributed by atoms with Gasteiger partial charge in [-0.25, -0.2) is 4.79 Å². The summed E-state index contributed by atoms with van der Waals surface area (Å²) in [6, 6.07) is 7.40. The lowest BCUT2D eigenvalue weighted by molar-refractivity contribution is -0.119. The first-order valence-corrected chi connectivity index (χ1v) is 7.77. The van der Waals surface area contributed by atoms with Crippen LogP contribution >= 0.6 is 11.8 Å². The highest BCUT2D eigenvalue weighted by atomic mass is 32.2. The largest absolute Gasteiger partial charge is 0.452 e. The lowest BCUT2D eigenvalue weighted by atomic mass is 10.2. The molecule has 1 aromatic heterocycles. The molecule has 7 heteroatoms. The van der Waals surface area contributed by atoms with Gasteiger partial charge in [0.15, 0.2) is 6.61 Å². The molecule has 2 rings (SSSR count). The molecule has 1 aromatic carbocycles. The van der Waals surface area contributed by atoms with Crippen molar-refractivity contribution in [3.05, 3.63) is 41.3 Å². The number of ether oxygens (including phenoxy) is 1. The van der Waals surface area contributed by atoms with E-state index in [-0.39, 0.29) is 12.2 Å². The van der Waals surface area contributed by atoms with E-state index >= 15 is 0 Å². The molecule has 0 spiro atoms. The summed E-state index contributed by atoms with van der Waals surface area (Å²) in [6.07, 6.45) is 1.95. The molecule has 0 aliphatic heterocycles. The van der Waals surface area contributed by atoms with Crippen molar-refractivity contribution >= 4 is 29.3 Å². The third-order valence-corrected chi connectivity index (χ3v) is 3.65. The van der Waals surface area contributed by atoms with Crippen molar-refractivity contribution < 1.29 is 18.8 Å². The number of aromatic nitrogens is 1. The highest BCUT2D eigenvalue weighted by molar-refractivity contribution is 7.98. The maximum Gasteiger partial charge on any atom is 0.344 e. The van der Waals surface area contributed by atoms with Gasteiger partial charge >= 0.3 is 5.97 Å². The number of carbonyl (C=O) groups is 2. The van der Waals surface area contributed by atoms with Gasteiger partial charge in [0.2, 0.25) is 0 Å². The molecule has 0 saturated carbocycles. The van der Waals surface area contributed by atoms with Crippen LogP contribution in [0.15, 0.2) is 33.7 Å². The van der Waals surface area contributed by atoms with Crippen LogP contribution in [0.4, 0.5) is 5.69 Å². The number of nitrogens with one attached hydrogen (secondary N) is 1.